The van der Waals surface area contributed by atoms with Gasteiger partial charge in [-0.1, -0.05) is 39.5 Å². The van der Waals surface area contributed by atoms with Crippen LogP contribution in [0.5, 0.6) is 0 Å². The summed E-state index contributed by atoms with van der Waals surface area (Å²) in [5.41, 5.74) is 0. The maximum atomic E-state index is 4.59. The Kier molecular flexibility index (Phi) is 28.6. The van der Waals surface area contributed by atoms with E-state index in [2.05, 4.69) is 73.5 Å². The van der Waals surface area contributed by atoms with Gasteiger partial charge in [-0.05, 0) is 34.3 Å². The molecule has 0 fully saturated rings. The minimum absolute atomic E-state index is 0. The molecule has 0 atom stereocenters. The first-order valence-corrected chi connectivity index (χ1v) is 8.64. The molecule has 0 heterocycles. The molecule has 21 heavy (non-hydrogen) atoms. The third kappa shape index (κ3) is 33.4. The van der Waals surface area contributed by atoms with E-state index in [0.717, 1.165) is 12.8 Å². The topological polar surface area (TPSA) is 24.7 Å². The van der Waals surface area contributed by atoms with Crippen molar-refractivity contribution in [1.82, 2.24) is 0 Å². The van der Waals surface area contributed by atoms with Crippen molar-refractivity contribution in [3.8, 4) is 0 Å². The van der Waals surface area contributed by atoms with Crippen LogP contribution in [0.4, 0.5) is 0 Å². The second-order valence-electron chi connectivity index (χ2n) is 4.15. The number of unbranched alkanes of at least 4 members (excludes halogenated alkanes) is 6. The van der Waals surface area contributed by atoms with Crippen molar-refractivity contribution < 1.29 is 17.1 Å². The average Bonchev–Trinajstić information content (AvgIpc) is 2.38. The quantitative estimate of drug-likeness (QED) is 0.188. The Bertz CT molecular complexity index is 277. The second-order valence-corrected chi connectivity index (χ2v) is 6.21. The molecule has 0 spiro atoms. The molecule has 0 saturated carbocycles. The van der Waals surface area contributed by atoms with Crippen molar-refractivity contribution in [2.45, 2.75) is 65.2 Å². The van der Waals surface area contributed by atoms with Crippen molar-refractivity contribution in [2.24, 2.45) is 9.98 Å². The number of aliphatic imine (C=N–C) groups is 2. The van der Waals surface area contributed by atoms with E-state index < -0.39 is 0 Å². The summed E-state index contributed by atoms with van der Waals surface area (Å²) in [6.07, 6.45) is 13.0. The molecular weight excluding hydrogens is 379 g/mol. The second kappa shape index (κ2) is 22.8. The molecule has 0 aromatic carbocycles. The molecular formula is C14H24MnN2S4. The molecule has 0 aliphatic carbocycles. The zero-order chi connectivity index (χ0) is 15.6. The maximum absolute atomic E-state index is 4.59. The van der Waals surface area contributed by atoms with Gasteiger partial charge in [-0.25, -0.2) is 0 Å². The zero-order valence-corrected chi connectivity index (χ0v) is 17.2. The Balaban J connectivity index is -0.000000295. The van der Waals surface area contributed by atoms with Gasteiger partial charge in [0.1, 0.15) is 0 Å². The third-order valence-electron chi connectivity index (χ3n) is 2.27. The van der Waals surface area contributed by atoms with E-state index in [4.69, 9.17) is 0 Å². The van der Waals surface area contributed by atoms with Crippen molar-refractivity contribution in [2.75, 3.05) is 0 Å². The molecule has 7 heteroatoms. The van der Waals surface area contributed by atoms with Crippen molar-refractivity contribution in [3.63, 3.8) is 0 Å². The third-order valence-corrected chi connectivity index (χ3v) is 2.69. The van der Waals surface area contributed by atoms with E-state index in [-0.39, 0.29) is 17.1 Å². The molecule has 0 aromatic heterocycles. The van der Waals surface area contributed by atoms with Gasteiger partial charge in [0.05, 0.1) is 0 Å². The number of hydrogen-bond acceptors (Lipinski definition) is 4. The summed E-state index contributed by atoms with van der Waals surface area (Å²) in [6, 6.07) is 0. The van der Waals surface area contributed by atoms with Crippen LogP contribution in [0.25, 0.3) is 0 Å². The van der Waals surface area contributed by atoms with Gasteiger partial charge in [-0.15, -0.1) is 0 Å². The standard InChI is InChI=1S/2C7H13NS2.Mn/c2*1-2-3-4-5-6-8-7(9)10;/h2*6H,2-5H2,1H3,(H,9,10);/q;;+2/p-2. The molecule has 0 bridgehead atoms. The molecule has 0 saturated heterocycles. The van der Waals surface area contributed by atoms with Crippen LogP contribution < -0.4 is 0 Å². The van der Waals surface area contributed by atoms with E-state index in [1.165, 1.54) is 38.5 Å². The fourth-order valence-corrected chi connectivity index (χ4v) is 1.55. The van der Waals surface area contributed by atoms with Crippen molar-refractivity contribution in [1.29, 1.82) is 0 Å². The molecule has 0 amide bonds. The summed E-state index contributed by atoms with van der Waals surface area (Å²) < 4.78 is 0.632. The Hall–Kier alpha value is 0.479. The van der Waals surface area contributed by atoms with Crippen LogP contribution in [0.2, 0.25) is 0 Å². The van der Waals surface area contributed by atoms with Gasteiger partial charge >= 0.3 is 17.1 Å². The normalized spacial score (nSPS) is 10.0. The smallest absolute Gasteiger partial charge is 0.409 e. The van der Waals surface area contributed by atoms with Gasteiger partial charge in [0.25, 0.3) is 0 Å². The molecule has 0 unspecified atom stereocenters. The SMILES string of the molecule is CCCCCC=NC(=S)[S-].CCCCCC=NC(=S)[S-].[Mn+2]. The summed E-state index contributed by atoms with van der Waals surface area (Å²) in [6.45, 7) is 4.35. The first-order valence-electron chi connectivity index (χ1n) is 7.01. The average molecular weight is 404 g/mol. The van der Waals surface area contributed by atoms with Crippen LogP contribution in [0.15, 0.2) is 9.98 Å². The maximum Gasteiger partial charge on any atom is 2.00 e. The van der Waals surface area contributed by atoms with Crippen LogP contribution in [0.3, 0.4) is 0 Å². The molecule has 0 aliphatic rings. The number of rotatable bonds is 8. The van der Waals surface area contributed by atoms with E-state index in [0.29, 0.717) is 8.64 Å². The molecule has 1 radical (unpaired) electrons. The summed E-state index contributed by atoms with van der Waals surface area (Å²) in [5, 5.41) is 0. The van der Waals surface area contributed by atoms with Gasteiger partial charge in [-0.3, -0.25) is 9.98 Å². The van der Waals surface area contributed by atoms with Crippen LogP contribution in [-0.4, -0.2) is 21.1 Å². The monoisotopic (exact) mass is 403 g/mol. The minimum Gasteiger partial charge on any atom is -0.409 e. The molecule has 0 rings (SSSR count). The largest absolute Gasteiger partial charge is 2.00 e. The molecule has 0 aliphatic heterocycles. The van der Waals surface area contributed by atoms with Crippen LogP contribution in [0.1, 0.15) is 65.2 Å². The van der Waals surface area contributed by atoms with Gasteiger partial charge in [0, 0.05) is 12.4 Å². The zero-order valence-electron chi connectivity index (χ0n) is 12.7. The van der Waals surface area contributed by atoms with E-state index in [1.807, 2.05) is 12.4 Å². The number of thiocarbonyl (C=S) groups is 2. The Morgan fingerprint density at radius 2 is 1.14 bits per heavy atom. The van der Waals surface area contributed by atoms with Crippen LogP contribution >= 0.6 is 24.4 Å². The first kappa shape index (κ1) is 26.4. The Morgan fingerprint density at radius 1 is 0.810 bits per heavy atom. The van der Waals surface area contributed by atoms with Gasteiger partial charge in [0.15, 0.2) is 0 Å². The van der Waals surface area contributed by atoms with E-state index >= 15 is 0 Å². The molecule has 0 aromatic rings. The van der Waals surface area contributed by atoms with Crippen LogP contribution in [0, 0.1) is 0 Å². The fraction of sp³-hybridized carbons (Fsp3) is 0.714. The van der Waals surface area contributed by atoms with E-state index in [9.17, 15) is 0 Å². The number of hydrogen-bond donors (Lipinski definition) is 0. The van der Waals surface area contributed by atoms with Crippen molar-refractivity contribution in [3.05, 3.63) is 0 Å². The van der Waals surface area contributed by atoms with E-state index in [1.54, 1.807) is 0 Å². The number of nitrogens with zero attached hydrogens (tertiary/aromatic N) is 2. The Morgan fingerprint density at radius 3 is 1.38 bits per heavy atom. The van der Waals surface area contributed by atoms with Gasteiger partial charge in [-0.2, -0.15) is 0 Å². The van der Waals surface area contributed by atoms with Crippen LogP contribution in [-0.2, 0) is 42.3 Å². The molecule has 2 nitrogen and oxygen atoms in total. The summed E-state index contributed by atoms with van der Waals surface area (Å²) in [5.74, 6) is 0. The Labute approximate surface area is 162 Å². The fourth-order valence-electron chi connectivity index (χ4n) is 1.25. The predicted octanol–water partition coefficient (Wildman–Crippen LogP) is 4.94. The molecule has 121 valence electrons. The first-order chi connectivity index (χ1) is 9.54. The molecule has 0 N–H and O–H groups in total. The van der Waals surface area contributed by atoms with Crippen molar-refractivity contribution >= 4 is 70.8 Å². The minimum atomic E-state index is 0. The summed E-state index contributed by atoms with van der Waals surface area (Å²) in [4.78, 5) is 7.64. The predicted molar refractivity (Wildman–Crippen MR) is 105 cm³/mol. The summed E-state index contributed by atoms with van der Waals surface area (Å²) >= 11 is 18.4. The van der Waals surface area contributed by atoms with Gasteiger partial charge < -0.3 is 49.7 Å². The van der Waals surface area contributed by atoms with Gasteiger partial charge in [0.2, 0.25) is 0 Å². The summed E-state index contributed by atoms with van der Waals surface area (Å²) in [7, 11) is 0.